The van der Waals surface area contributed by atoms with Gasteiger partial charge in [-0.15, -0.1) is 0 Å². The van der Waals surface area contributed by atoms with Gasteiger partial charge in [-0.05, 0) is 67.1 Å². The van der Waals surface area contributed by atoms with Crippen molar-refractivity contribution in [3.63, 3.8) is 0 Å². The van der Waals surface area contributed by atoms with Gasteiger partial charge in [0.25, 0.3) is 0 Å². The molecule has 4 nitrogen and oxygen atoms in total. The minimum Gasteiger partial charge on any atom is -0.494 e. The summed E-state index contributed by atoms with van der Waals surface area (Å²) in [5, 5.41) is 8.39. The van der Waals surface area contributed by atoms with Crippen LogP contribution in [0, 0.1) is 0 Å². The van der Waals surface area contributed by atoms with E-state index in [1.807, 2.05) is 66.5 Å². The second-order valence-electron chi connectivity index (χ2n) is 7.31. The first-order valence-corrected chi connectivity index (χ1v) is 10.7. The van der Waals surface area contributed by atoms with Gasteiger partial charge in [0.2, 0.25) is 6.23 Å². The molecular formula is C24H20Cl2N2O2. The minimum absolute atomic E-state index is 0.0506. The predicted molar refractivity (Wildman–Crippen MR) is 120 cm³/mol. The molecule has 2 aliphatic heterocycles. The Morgan fingerprint density at radius 2 is 1.73 bits per heavy atom. The third kappa shape index (κ3) is 3.51. The van der Waals surface area contributed by atoms with Crippen molar-refractivity contribution in [3.8, 4) is 11.5 Å². The number of fused-ring (bicyclic) bond motifs is 3. The van der Waals surface area contributed by atoms with Gasteiger partial charge < -0.3 is 9.47 Å². The molecule has 0 N–H and O–H groups in total. The summed E-state index contributed by atoms with van der Waals surface area (Å²) in [5.74, 6) is 1.70. The summed E-state index contributed by atoms with van der Waals surface area (Å²) in [6.07, 6.45) is 0.440. The highest BCUT2D eigenvalue weighted by atomic mass is 35.5. The molecule has 152 valence electrons. The Hall–Kier alpha value is -2.69. The van der Waals surface area contributed by atoms with Gasteiger partial charge in [0, 0.05) is 27.6 Å². The van der Waals surface area contributed by atoms with E-state index in [9.17, 15) is 0 Å². The quantitative estimate of drug-likeness (QED) is 0.457. The minimum atomic E-state index is -0.332. The van der Waals surface area contributed by atoms with Crippen molar-refractivity contribution in [3.05, 3.63) is 93.5 Å². The van der Waals surface area contributed by atoms with Crippen LogP contribution in [0.4, 0.5) is 0 Å². The van der Waals surface area contributed by atoms with Crippen molar-refractivity contribution in [2.45, 2.75) is 25.6 Å². The molecule has 2 heterocycles. The molecular weight excluding hydrogens is 419 g/mol. The van der Waals surface area contributed by atoms with E-state index in [4.69, 9.17) is 37.8 Å². The molecule has 3 aromatic carbocycles. The fourth-order valence-corrected chi connectivity index (χ4v) is 4.30. The number of hydrazone groups is 1. The first-order valence-electron chi connectivity index (χ1n) is 9.93. The van der Waals surface area contributed by atoms with Crippen LogP contribution in [-0.2, 0) is 0 Å². The lowest BCUT2D eigenvalue weighted by atomic mass is 9.96. The van der Waals surface area contributed by atoms with Gasteiger partial charge in [-0.25, -0.2) is 5.01 Å². The summed E-state index contributed by atoms with van der Waals surface area (Å²) in [6, 6.07) is 21.6. The van der Waals surface area contributed by atoms with E-state index < -0.39 is 0 Å². The zero-order valence-corrected chi connectivity index (χ0v) is 17.9. The van der Waals surface area contributed by atoms with Gasteiger partial charge in [-0.1, -0.05) is 35.3 Å². The van der Waals surface area contributed by atoms with Crippen LogP contribution in [0.3, 0.4) is 0 Å². The molecule has 0 fully saturated rings. The van der Waals surface area contributed by atoms with Crippen molar-refractivity contribution >= 4 is 28.9 Å². The van der Waals surface area contributed by atoms with Crippen molar-refractivity contribution in [2.75, 3.05) is 6.61 Å². The number of benzene rings is 3. The molecule has 5 rings (SSSR count). The Labute approximate surface area is 185 Å². The van der Waals surface area contributed by atoms with Gasteiger partial charge >= 0.3 is 0 Å². The SMILES string of the molecule is CCOc1ccc(C2=NN3[C@@H](C2)c2cc(Cl)ccc2O[C@H]3c2ccc(Cl)cc2)cc1. The van der Waals surface area contributed by atoms with Crippen LogP contribution in [0.5, 0.6) is 11.5 Å². The summed E-state index contributed by atoms with van der Waals surface area (Å²) in [5.41, 5.74) is 4.14. The number of halogens is 2. The first-order chi connectivity index (χ1) is 14.6. The number of hydrogen-bond acceptors (Lipinski definition) is 4. The lowest BCUT2D eigenvalue weighted by molar-refractivity contribution is -0.0190. The standard InChI is InChI=1S/C24H20Cl2N2O2/c1-2-29-19-10-5-15(6-11-19)21-14-22-20-13-18(26)9-12-23(20)30-24(28(22)27-21)16-3-7-17(25)8-4-16/h3-13,22,24H,2,14H2,1H3/t22-,24-/m0/s1. The normalized spacial score (nSPS) is 19.6. The van der Waals surface area contributed by atoms with E-state index in [1.54, 1.807) is 0 Å². The Balaban J connectivity index is 1.54. The molecule has 0 unspecified atom stereocenters. The maximum Gasteiger partial charge on any atom is 0.213 e. The lowest BCUT2D eigenvalue weighted by Gasteiger charge is -2.38. The van der Waals surface area contributed by atoms with E-state index in [1.165, 1.54) is 0 Å². The van der Waals surface area contributed by atoms with Crippen LogP contribution in [0.2, 0.25) is 10.0 Å². The summed E-state index contributed by atoms with van der Waals surface area (Å²) in [7, 11) is 0. The molecule has 0 amide bonds. The van der Waals surface area contributed by atoms with Gasteiger partial charge in [-0.2, -0.15) is 5.10 Å². The monoisotopic (exact) mass is 438 g/mol. The van der Waals surface area contributed by atoms with Crippen molar-refractivity contribution in [2.24, 2.45) is 5.10 Å². The van der Waals surface area contributed by atoms with Gasteiger partial charge in [-0.3, -0.25) is 0 Å². The summed E-state index contributed by atoms with van der Waals surface area (Å²) in [4.78, 5) is 0. The third-order valence-electron chi connectivity index (χ3n) is 5.41. The second-order valence-corrected chi connectivity index (χ2v) is 8.18. The Morgan fingerprint density at radius 1 is 1.00 bits per heavy atom. The fourth-order valence-electron chi connectivity index (χ4n) is 3.99. The van der Waals surface area contributed by atoms with E-state index >= 15 is 0 Å². The van der Waals surface area contributed by atoms with Crippen LogP contribution < -0.4 is 9.47 Å². The third-order valence-corrected chi connectivity index (χ3v) is 5.89. The highest BCUT2D eigenvalue weighted by Gasteiger charge is 2.41. The molecule has 0 aromatic heterocycles. The smallest absolute Gasteiger partial charge is 0.213 e. The molecule has 0 saturated carbocycles. The number of hydrogen-bond donors (Lipinski definition) is 0. The van der Waals surface area contributed by atoms with Crippen LogP contribution in [0.15, 0.2) is 71.8 Å². The number of nitrogens with zero attached hydrogens (tertiary/aromatic N) is 2. The molecule has 6 heteroatoms. The first kappa shape index (κ1) is 19.3. The van der Waals surface area contributed by atoms with E-state index in [0.29, 0.717) is 16.7 Å². The van der Waals surface area contributed by atoms with E-state index in [0.717, 1.165) is 40.3 Å². The van der Waals surface area contributed by atoms with Crippen LogP contribution in [-0.4, -0.2) is 17.3 Å². The van der Waals surface area contributed by atoms with Crippen molar-refractivity contribution in [1.29, 1.82) is 0 Å². The molecule has 2 aliphatic rings. The van der Waals surface area contributed by atoms with Crippen molar-refractivity contribution in [1.82, 2.24) is 5.01 Å². The van der Waals surface area contributed by atoms with E-state index in [2.05, 4.69) is 12.1 Å². The molecule has 0 aliphatic carbocycles. The van der Waals surface area contributed by atoms with E-state index in [-0.39, 0.29) is 12.3 Å². The van der Waals surface area contributed by atoms with Gasteiger partial charge in [0.1, 0.15) is 11.5 Å². The predicted octanol–water partition coefficient (Wildman–Crippen LogP) is 6.63. The second kappa shape index (κ2) is 7.86. The lowest BCUT2D eigenvalue weighted by Crippen LogP contribution is -2.33. The zero-order valence-electron chi connectivity index (χ0n) is 16.4. The molecule has 30 heavy (non-hydrogen) atoms. The van der Waals surface area contributed by atoms with Gasteiger partial charge in [0.05, 0.1) is 18.4 Å². The Bertz CT molecular complexity index is 1100. The average Bonchev–Trinajstić information content (AvgIpc) is 3.21. The van der Waals surface area contributed by atoms with Crippen LogP contribution in [0.25, 0.3) is 0 Å². The molecule has 2 atom stereocenters. The Morgan fingerprint density at radius 3 is 2.47 bits per heavy atom. The maximum absolute atomic E-state index is 6.36. The molecule has 0 spiro atoms. The molecule has 0 saturated heterocycles. The Kier molecular flexibility index (Phi) is 5.05. The number of ether oxygens (including phenoxy) is 2. The summed E-state index contributed by atoms with van der Waals surface area (Å²) < 4.78 is 11.9. The highest BCUT2D eigenvalue weighted by Crippen LogP contribution is 2.48. The molecule has 3 aromatic rings. The van der Waals surface area contributed by atoms with Crippen molar-refractivity contribution < 1.29 is 9.47 Å². The van der Waals surface area contributed by atoms with Gasteiger partial charge in [0.15, 0.2) is 0 Å². The zero-order chi connectivity index (χ0) is 20.7. The topological polar surface area (TPSA) is 34.1 Å². The summed E-state index contributed by atoms with van der Waals surface area (Å²) >= 11 is 12.4. The average molecular weight is 439 g/mol. The summed E-state index contributed by atoms with van der Waals surface area (Å²) in [6.45, 7) is 2.63. The molecule has 0 radical (unpaired) electrons. The molecule has 0 bridgehead atoms. The fraction of sp³-hybridized carbons (Fsp3) is 0.208. The highest BCUT2D eigenvalue weighted by molar-refractivity contribution is 6.30. The largest absolute Gasteiger partial charge is 0.494 e. The number of rotatable bonds is 4. The van der Waals surface area contributed by atoms with Crippen LogP contribution >= 0.6 is 23.2 Å². The maximum atomic E-state index is 6.36. The van der Waals surface area contributed by atoms with Crippen LogP contribution in [0.1, 0.15) is 42.3 Å².